The normalized spacial score (nSPS) is 19.6. The lowest BCUT2D eigenvalue weighted by atomic mass is 10.2. The SMILES string of the molecule is CCCN(Cc1sccc1Cl)C1CCNC1.Cl. The largest absolute Gasteiger partial charge is 0.315 e. The van der Waals surface area contributed by atoms with Crippen LogP contribution >= 0.6 is 35.3 Å². The predicted octanol–water partition coefficient (Wildman–Crippen LogP) is 3.40. The van der Waals surface area contributed by atoms with Gasteiger partial charge in [-0.2, -0.15) is 0 Å². The Morgan fingerprint density at radius 1 is 1.59 bits per heavy atom. The third-order valence-corrected chi connectivity index (χ3v) is 4.47. The first-order chi connectivity index (χ1) is 7.81. The van der Waals surface area contributed by atoms with Crippen molar-refractivity contribution in [2.45, 2.75) is 32.4 Å². The Morgan fingerprint density at radius 3 is 2.94 bits per heavy atom. The molecule has 1 aliphatic rings. The average molecular weight is 295 g/mol. The molecule has 1 saturated heterocycles. The minimum atomic E-state index is 0. The van der Waals surface area contributed by atoms with Crippen molar-refractivity contribution in [1.82, 2.24) is 10.2 Å². The van der Waals surface area contributed by atoms with E-state index in [4.69, 9.17) is 11.6 Å². The molecule has 2 rings (SSSR count). The second-order valence-corrected chi connectivity index (χ2v) is 5.72. The molecule has 0 saturated carbocycles. The van der Waals surface area contributed by atoms with E-state index in [-0.39, 0.29) is 12.4 Å². The fourth-order valence-corrected chi connectivity index (χ4v) is 3.37. The molecule has 0 radical (unpaired) electrons. The molecular formula is C12H20Cl2N2S. The maximum absolute atomic E-state index is 6.16. The molecule has 1 aromatic heterocycles. The quantitative estimate of drug-likeness (QED) is 0.895. The van der Waals surface area contributed by atoms with Gasteiger partial charge >= 0.3 is 0 Å². The molecule has 17 heavy (non-hydrogen) atoms. The lowest BCUT2D eigenvalue weighted by molar-refractivity contribution is 0.201. The molecule has 1 aliphatic heterocycles. The number of hydrogen-bond acceptors (Lipinski definition) is 3. The van der Waals surface area contributed by atoms with Crippen molar-refractivity contribution < 1.29 is 0 Å². The van der Waals surface area contributed by atoms with Crippen LogP contribution in [0.1, 0.15) is 24.6 Å². The third kappa shape index (κ3) is 4.11. The summed E-state index contributed by atoms with van der Waals surface area (Å²) < 4.78 is 0. The molecule has 1 unspecified atom stereocenters. The van der Waals surface area contributed by atoms with E-state index in [0.717, 1.165) is 24.7 Å². The molecule has 0 bridgehead atoms. The maximum atomic E-state index is 6.16. The predicted molar refractivity (Wildman–Crippen MR) is 78.6 cm³/mol. The highest BCUT2D eigenvalue weighted by Crippen LogP contribution is 2.25. The highest BCUT2D eigenvalue weighted by atomic mass is 35.5. The Balaban J connectivity index is 0.00000144. The zero-order valence-corrected chi connectivity index (χ0v) is 12.5. The summed E-state index contributed by atoms with van der Waals surface area (Å²) >= 11 is 7.93. The maximum Gasteiger partial charge on any atom is 0.0558 e. The molecule has 0 spiro atoms. The Bertz CT molecular complexity index is 324. The van der Waals surface area contributed by atoms with Gasteiger partial charge in [0, 0.05) is 24.0 Å². The van der Waals surface area contributed by atoms with Gasteiger partial charge < -0.3 is 5.32 Å². The molecule has 1 fully saturated rings. The summed E-state index contributed by atoms with van der Waals surface area (Å²) in [6.07, 6.45) is 2.47. The van der Waals surface area contributed by atoms with E-state index < -0.39 is 0 Å². The first kappa shape index (κ1) is 15.3. The zero-order valence-electron chi connectivity index (χ0n) is 10.1. The van der Waals surface area contributed by atoms with Crippen LogP contribution in [0.3, 0.4) is 0 Å². The molecule has 2 heterocycles. The van der Waals surface area contributed by atoms with Crippen molar-refractivity contribution >= 4 is 35.3 Å². The molecule has 5 heteroatoms. The molecule has 0 amide bonds. The molecule has 1 N–H and O–H groups in total. The van der Waals surface area contributed by atoms with Crippen LogP contribution in [-0.4, -0.2) is 30.6 Å². The van der Waals surface area contributed by atoms with E-state index in [2.05, 4.69) is 22.5 Å². The standard InChI is InChI=1S/C12H19ClN2S.ClH/c1-2-6-15(10-3-5-14-8-10)9-12-11(13)4-7-16-12;/h4,7,10,14H,2-3,5-6,8-9H2,1H3;1H. The molecular weight excluding hydrogens is 275 g/mol. The van der Waals surface area contributed by atoms with Gasteiger partial charge in [0.15, 0.2) is 0 Å². The van der Waals surface area contributed by atoms with E-state index in [1.54, 1.807) is 11.3 Å². The first-order valence-corrected chi connectivity index (χ1v) is 7.23. The molecule has 0 aromatic carbocycles. The van der Waals surface area contributed by atoms with Gasteiger partial charge in [-0.05, 0) is 37.4 Å². The highest BCUT2D eigenvalue weighted by molar-refractivity contribution is 7.10. The zero-order chi connectivity index (χ0) is 11.4. The Hall–Kier alpha value is 0.200. The number of nitrogens with zero attached hydrogens (tertiary/aromatic N) is 1. The average Bonchev–Trinajstić information content (AvgIpc) is 2.90. The van der Waals surface area contributed by atoms with Gasteiger partial charge in [0.1, 0.15) is 0 Å². The minimum Gasteiger partial charge on any atom is -0.315 e. The van der Waals surface area contributed by atoms with Crippen LogP contribution in [0.5, 0.6) is 0 Å². The molecule has 98 valence electrons. The summed E-state index contributed by atoms with van der Waals surface area (Å²) in [6.45, 7) is 6.70. The minimum absolute atomic E-state index is 0. The van der Waals surface area contributed by atoms with Crippen LogP contribution in [0, 0.1) is 0 Å². The topological polar surface area (TPSA) is 15.3 Å². The molecule has 1 atom stereocenters. The number of rotatable bonds is 5. The van der Waals surface area contributed by atoms with Crippen molar-refractivity contribution in [3.8, 4) is 0 Å². The molecule has 1 aromatic rings. The Kier molecular flexibility index (Phi) is 6.82. The van der Waals surface area contributed by atoms with Gasteiger partial charge in [0.2, 0.25) is 0 Å². The Labute approximate surface area is 119 Å². The van der Waals surface area contributed by atoms with Crippen molar-refractivity contribution in [3.05, 3.63) is 21.3 Å². The summed E-state index contributed by atoms with van der Waals surface area (Å²) in [5.41, 5.74) is 0. The lowest BCUT2D eigenvalue weighted by Crippen LogP contribution is -2.36. The fraction of sp³-hybridized carbons (Fsp3) is 0.667. The summed E-state index contributed by atoms with van der Waals surface area (Å²) in [4.78, 5) is 3.87. The number of nitrogens with one attached hydrogen (secondary N) is 1. The van der Waals surface area contributed by atoms with Crippen molar-refractivity contribution in [1.29, 1.82) is 0 Å². The molecule has 0 aliphatic carbocycles. The Morgan fingerprint density at radius 2 is 2.41 bits per heavy atom. The summed E-state index contributed by atoms with van der Waals surface area (Å²) in [5.74, 6) is 0. The van der Waals surface area contributed by atoms with Crippen LogP contribution in [0.25, 0.3) is 0 Å². The molecule has 2 nitrogen and oxygen atoms in total. The van der Waals surface area contributed by atoms with Gasteiger partial charge in [0.05, 0.1) is 5.02 Å². The van der Waals surface area contributed by atoms with Gasteiger partial charge in [-0.25, -0.2) is 0 Å². The van der Waals surface area contributed by atoms with E-state index in [1.807, 2.05) is 6.07 Å². The monoisotopic (exact) mass is 294 g/mol. The second-order valence-electron chi connectivity index (χ2n) is 4.31. The van der Waals surface area contributed by atoms with Crippen LogP contribution in [0.15, 0.2) is 11.4 Å². The second kappa shape index (κ2) is 7.59. The van der Waals surface area contributed by atoms with Crippen molar-refractivity contribution in [3.63, 3.8) is 0 Å². The van der Waals surface area contributed by atoms with Crippen LogP contribution in [-0.2, 0) is 6.54 Å². The van der Waals surface area contributed by atoms with Gasteiger partial charge in [-0.3, -0.25) is 4.90 Å². The van der Waals surface area contributed by atoms with Crippen molar-refractivity contribution in [2.75, 3.05) is 19.6 Å². The van der Waals surface area contributed by atoms with Crippen molar-refractivity contribution in [2.24, 2.45) is 0 Å². The van der Waals surface area contributed by atoms with E-state index in [0.29, 0.717) is 6.04 Å². The van der Waals surface area contributed by atoms with E-state index in [9.17, 15) is 0 Å². The summed E-state index contributed by atoms with van der Waals surface area (Å²) in [7, 11) is 0. The number of hydrogen-bond donors (Lipinski definition) is 1. The van der Waals surface area contributed by atoms with Crippen LogP contribution in [0.2, 0.25) is 5.02 Å². The van der Waals surface area contributed by atoms with E-state index >= 15 is 0 Å². The highest BCUT2D eigenvalue weighted by Gasteiger charge is 2.22. The van der Waals surface area contributed by atoms with Gasteiger partial charge in [0.25, 0.3) is 0 Å². The van der Waals surface area contributed by atoms with Gasteiger partial charge in [-0.15, -0.1) is 23.7 Å². The van der Waals surface area contributed by atoms with Gasteiger partial charge in [-0.1, -0.05) is 18.5 Å². The van der Waals surface area contributed by atoms with Crippen LogP contribution < -0.4 is 5.32 Å². The third-order valence-electron chi connectivity index (χ3n) is 3.10. The number of halogens is 2. The lowest BCUT2D eigenvalue weighted by Gasteiger charge is -2.27. The fourth-order valence-electron chi connectivity index (χ4n) is 2.25. The van der Waals surface area contributed by atoms with E-state index in [1.165, 1.54) is 24.3 Å². The smallest absolute Gasteiger partial charge is 0.0558 e. The summed E-state index contributed by atoms with van der Waals surface area (Å²) in [6, 6.07) is 2.69. The van der Waals surface area contributed by atoms with Crippen LogP contribution in [0.4, 0.5) is 0 Å². The first-order valence-electron chi connectivity index (χ1n) is 5.98. The summed E-state index contributed by atoms with van der Waals surface area (Å²) in [5, 5.41) is 6.44. The number of thiophene rings is 1.